The molecule has 5 heteroatoms. The van der Waals surface area contributed by atoms with Gasteiger partial charge in [-0.05, 0) is 73.8 Å². The number of benzene rings is 2. The molecule has 0 aromatic heterocycles. The third-order valence-corrected chi connectivity index (χ3v) is 9.28. The van der Waals surface area contributed by atoms with Gasteiger partial charge in [0.15, 0.2) is 0 Å². The summed E-state index contributed by atoms with van der Waals surface area (Å²) in [7, 11) is 0. The zero-order valence-electron chi connectivity index (χ0n) is 18.9. The normalized spacial score (nSPS) is 30.6. The summed E-state index contributed by atoms with van der Waals surface area (Å²) in [6.07, 6.45) is 8.46. The molecule has 33 heavy (non-hydrogen) atoms. The molecule has 4 saturated carbocycles. The number of likely N-dealkylation sites (tertiary alicyclic amines) is 1. The quantitative estimate of drug-likeness (QED) is 0.446. The summed E-state index contributed by atoms with van der Waals surface area (Å²) in [4.78, 5) is 15.2. The van der Waals surface area contributed by atoms with Crippen molar-refractivity contribution in [1.29, 1.82) is 0 Å². The van der Waals surface area contributed by atoms with Gasteiger partial charge >= 0.3 is 0 Å². The Kier molecular flexibility index (Phi) is 5.71. The van der Waals surface area contributed by atoms with E-state index in [-0.39, 0.29) is 17.6 Å². The van der Waals surface area contributed by atoms with Gasteiger partial charge in [0.05, 0.1) is 6.10 Å². The highest BCUT2D eigenvalue weighted by molar-refractivity contribution is 6.32. The van der Waals surface area contributed by atoms with Crippen LogP contribution in [0.25, 0.3) is 0 Å². The lowest BCUT2D eigenvalue weighted by atomic mass is 9.49. The van der Waals surface area contributed by atoms with Crippen LogP contribution in [0.3, 0.4) is 0 Å². The monoisotopic (exact) mass is 483 g/mol. The van der Waals surface area contributed by atoms with Gasteiger partial charge in [-0.2, -0.15) is 0 Å². The average molecular weight is 484 g/mol. The maximum absolute atomic E-state index is 13.2. The molecule has 0 radical (unpaired) electrons. The van der Waals surface area contributed by atoms with Crippen molar-refractivity contribution in [1.82, 2.24) is 4.90 Å². The van der Waals surface area contributed by atoms with Gasteiger partial charge in [0, 0.05) is 40.7 Å². The number of hydrogen-bond acceptors (Lipinski definition) is 2. The fraction of sp³-hybridized carbons (Fsp3) is 0.536. The van der Waals surface area contributed by atoms with E-state index >= 15 is 0 Å². The van der Waals surface area contributed by atoms with Gasteiger partial charge < -0.3 is 9.64 Å². The zero-order valence-corrected chi connectivity index (χ0v) is 20.4. The molecule has 2 aromatic carbocycles. The number of halogens is 2. The van der Waals surface area contributed by atoms with E-state index in [4.69, 9.17) is 27.9 Å². The molecule has 1 amide bonds. The van der Waals surface area contributed by atoms with E-state index in [9.17, 15) is 4.79 Å². The molecule has 1 heterocycles. The van der Waals surface area contributed by atoms with E-state index in [0.29, 0.717) is 29.0 Å². The summed E-state index contributed by atoms with van der Waals surface area (Å²) >= 11 is 13.1. The first-order valence-electron chi connectivity index (χ1n) is 12.4. The minimum Gasteiger partial charge on any atom is -0.362 e. The third kappa shape index (κ3) is 4.22. The van der Waals surface area contributed by atoms with Gasteiger partial charge in [0.25, 0.3) is 0 Å². The molecule has 174 valence electrons. The fourth-order valence-electron chi connectivity index (χ4n) is 7.55. The zero-order chi connectivity index (χ0) is 22.6. The summed E-state index contributed by atoms with van der Waals surface area (Å²) in [6.45, 7) is 1.30. The Bertz CT molecular complexity index is 967. The highest BCUT2D eigenvalue weighted by Crippen LogP contribution is 2.61. The lowest BCUT2D eigenvalue weighted by Gasteiger charge is -2.57. The summed E-state index contributed by atoms with van der Waals surface area (Å²) in [5.74, 6) is 2.96. The van der Waals surface area contributed by atoms with Gasteiger partial charge in [-0.3, -0.25) is 4.79 Å². The highest BCUT2D eigenvalue weighted by Gasteiger charge is 2.52. The molecule has 0 N–H and O–H groups in total. The van der Waals surface area contributed by atoms with Crippen LogP contribution in [-0.4, -0.2) is 30.0 Å². The van der Waals surface area contributed by atoms with Gasteiger partial charge in [-0.1, -0.05) is 59.6 Å². The molecule has 4 aliphatic carbocycles. The van der Waals surface area contributed by atoms with Crippen LogP contribution in [-0.2, 0) is 9.53 Å². The lowest BCUT2D eigenvalue weighted by molar-refractivity contribution is -0.155. The predicted octanol–water partition coefficient (Wildman–Crippen LogP) is 6.92. The smallest absolute Gasteiger partial charge is 0.223 e. The van der Waals surface area contributed by atoms with Crippen molar-refractivity contribution in [3.63, 3.8) is 0 Å². The van der Waals surface area contributed by atoms with Crippen molar-refractivity contribution < 1.29 is 9.53 Å². The summed E-state index contributed by atoms with van der Waals surface area (Å²) in [5, 5.41) is 1.33. The third-order valence-electron chi connectivity index (χ3n) is 8.60. The Morgan fingerprint density at radius 1 is 0.879 bits per heavy atom. The van der Waals surface area contributed by atoms with Gasteiger partial charge in [-0.15, -0.1) is 0 Å². The lowest BCUT2D eigenvalue weighted by Crippen LogP contribution is -2.57. The molecular weight excluding hydrogens is 453 g/mol. The molecule has 0 atom stereocenters. The number of rotatable bonds is 6. The fourth-order valence-corrected chi connectivity index (χ4v) is 8.02. The molecule has 0 spiro atoms. The number of hydrogen-bond donors (Lipinski definition) is 0. The van der Waals surface area contributed by atoms with E-state index < -0.39 is 0 Å². The minimum absolute atomic E-state index is 0.0112. The molecule has 7 rings (SSSR count). The SMILES string of the molecule is O=C(CC12CC3CC(CC(C3)C1)C2)N1CC(OC(c2ccccc2Cl)c2ccccc2Cl)C1. The Morgan fingerprint density at radius 3 is 1.85 bits per heavy atom. The van der Waals surface area contributed by atoms with Crippen molar-refractivity contribution in [3.05, 3.63) is 69.7 Å². The largest absolute Gasteiger partial charge is 0.362 e. The molecule has 4 bridgehead atoms. The second kappa shape index (κ2) is 8.59. The first kappa shape index (κ1) is 21.9. The second-order valence-electron chi connectivity index (χ2n) is 11.1. The molecule has 1 saturated heterocycles. The van der Waals surface area contributed by atoms with Crippen molar-refractivity contribution in [2.24, 2.45) is 23.2 Å². The second-order valence-corrected chi connectivity index (χ2v) is 11.9. The molecule has 0 unspecified atom stereocenters. The minimum atomic E-state index is -0.349. The number of nitrogens with zero attached hydrogens (tertiary/aromatic N) is 1. The van der Waals surface area contributed by atoms with Crippen LogP contribution in [0.1, 0.15) is 62.2 Å². The first-order chi connectivity index (χ1) is 16.0. The Hall–Kier alpha value is -1.55. The van der Waals surface area contributed by atoms with Crippen LogP contribution in [0.15, 0.2) is 48.5 Å². The van der Waals surface area contributed by atoms with Gasteiger partial charge in [0.1, 0.15) is 6.10 Å². The predicted molar refractivity (Wildman–Crippen MR) is 131 cm³/mol. The number of carbonyl (C=O) groups excluding carboxylic acids is 1. The first-order valence-corrected chi connectivity index (χ1v) is 13.2. The van der Waals surface area contributed by atoms with Crippen molar-refractivity contribution in [2.75, 3.05) is 13.1 Å². The van der Waals surface area contributed by atoms with E-state index in [1.54, 1.807) is 0 Å². The average Bonchev–Trinajstić information content (AvgIpc) is 2.73. The molecule has 2 aromatic rings. The highest BCUT2D eigenvalue weighted by atomic mass is 35.5. The van der Waals surface area contributed by atoms with Crippen molar-refractivity contribution >= 4 is 29.1 Å². The number of ether oxygens (including phenoxy) is 1. The van der Waals surface area contributed by atoms with Crippen LogP contribution in [0.5, 0.6) is 0 Å². The van der Waals surface area contributed by atoms with Gasteiger partial charge in [0.2, 0.25) is 5.91 Å². The number of carbonyl (C=O) groups is 1. The van der Waals surface area contributed by atoms with Crippen molar-refractivity contribution in [2.45, 2.75) is 57.2 Å². The number of amides is 1. The van der Waals surface area contributed by atoms with E-state index in [0.717, 1.165) is 35.3 Å². The van der Waals surface area contributed by atoms with Crippen LogP contribution in [0.2, 0.25) is 10.0 Å². The Balaban J connectivity index is 1.12. The molecular formula is C28H31Cl2NO2. The molecule has 5 fully saturated rings. The summed E-state index contributed by atoms with van der Waals surface area (Å²) in [6, 6.07) is 15.5. The standard InChI is InChI=1S/C28H31Cl2NO2/c29-24-7-3-1-5-22(24)27(23-6-2-4-8-25(23)30)33-21-16-31(17-21)26(32)15-28-12-18-9-19(13-28)11-20(10-18)14-28/h1-8,18-21,27H,9-17H2. The molecule has 3 nitrogen and oxygen atoms in total. The van der Waals surface area contributed by atoms with Crippen LogP contribution in [0, 0.1) is 23.2 Å². The molecule has 5 aliphatic rings. The maximum Gasteiger partial charge on any atom is 0.223 e. The van der Waals surface area contributed by atoms with Crippen LogP contribution >= 0.6 is 23.2 Å². The van der Waals surface area contributed by atoms with Crippen LogP contribution < -0.4 is 0 Å². The van der Waals surface area contributed by atoms with Crippen molar-refractivity contribution in [3.8, 4) is 0 Å². The Morgan fingerprint density at radius 2 is 1.36 bits per heavy atom. The molecule has 1 aliphatic heterocycles. The van der Waals surface area contributed by atoms with Crippen LogP contribution in [0.4, 0.5) is 0 Å². The van der Waals surface area contributed by atoms with E-state index in [2.05, 4.69) is 0 Å². The van der Waals surface area contributed by atoms with E-state index in [1.807, 2.05) is 53.4 Å². The van der Waals surface area contributed by atoms with Gasteiger partial charge in [-0.25, -0.2) is 0 Å². The summed E-state index contributed by atoms with van der Waals surface area (Å²) < 4.78 is 6.53. The summed E-state index contributed by atoms with van der Waals surface area (Å²) in [5.41, 5.74) is 2.10. The maximum atomic E-state index is 13.2. The Labute approximate surface area is 206 Å². The van der Waals surface area contributed by atoms with E-state index in [1.165, 1.54) is 38.5 Å². The topological polar surface area (TPSA) is 29.5 Å².